The minimum absolute atomic E-state index is 1.15. The van der Waals surface area contributed by atoms with Crippen molar-refractivity contribution in [2.24, 2.45) is 0 Å². The average Bonchev–Trinajstić information content (AvgIpc) is 4.01. The molecule has 0 fully saturated rings. The number of fused-ring (bicyclic) bond motifs is 9. The van der Waals surface area contributed by atoms with Gasteiger partial charge in [0.05, 0.1) is 33.1 Å². The van der Waals surface area contributed by atoms with Gasteiger partial charge in [-0.05, 0) is 87.5 Å². The lowest BCUT2D eigenvalue weighted by Crippen LogP contribution is -2.75. The Balaban J connectivity index is 1.11. The van der Waals surface area contributed by atoms with E-state index in [-0.39, 0.29) is 0 Å². The highest BCUT2D eigenvalue weighted by molar-refractivity contribution is 7.20. The smallest absolute Gasteiger partial charge is 0.181 e. The molecule has 300 valence electrons. The van der Waals surface area contributed by atoms with Gasteiger partial charge in [-0.25, -0.2) is 0 Å². The van der Waals surface area contributed by atoms with Crippen LogP contribution in [0.2, 0.25) is 0 Å². The molecule has 0 amide bonds. The number of benzene rings is 10. The van der Waals surface area contributed by atoms with Crippen LogP contribution >= 0.6 is 0 Å². The second-order valence-electron chi connectivity index (χ2n) is 16.8. The van der Waals surface area contributed by atoms with Crippen LogP contribution in [0.5, 0.6) is 0 Å². The highest BCUT2D eigenvalue weighted by atomic mass is 28.3. The molecule has 0 unspecified atom stereocenters. The molecule has 3 aromatic heterocycles. The molecule has 0 aliphatic carbocycles. The van der Waals surface area contributed by atoms with Crippen LogP contribution in [-0.2, 0) is 0 Å². The highest BCUT2D eigenvalue weighted by Gasteiger charge is 2.44. The van der Waals surface area contributed by atoms with E-state index in [1.807, 2.05) is 0 Å². The van der Waals surface area contributed by atoms with Crippen molar-refractivity contribution < 1.29 is 0 Å². The Morgan fingerprint density at radius 3 is 1.20 bits per heavy atom. The van der Waals surface area contributed by atoms with Gasteiger partial charge in [-0.1, -0.05) is 182 Å². The first-order valence-corrected chi connectivity index (χ1v) is 24.1. The second-order valence-corrected chi connectivity index (χ2v) is 20.6. The van der Waals surface area contributed by atoms with Crippen molar-refractivity contribution in [3.63, 3.8) is 0 Å². The Morgan fingerprint density at radius 1 is 0.234 bits per heavy atom. The summed E-state index contributed by atoms with van der Waals surface area (Å²) in [6.45, 7) is 0. The average molecular weight is 832 g/mol. The van der Waals surface area contributed by atoms with E-state index in [0.717, 1.165) is 17.1 Å². The first kappa shape index (κ1) is 36.5. The van der Waals surface area contributed by atoms with E-state index < -0.39 is 8.07 Å². The van der Waals surface area contributed by atoms with Crippen LogP contribution in [0.1, 0.15) is 0 Å². The van der Waals surface area contributed by atoms with Crippen molar-refractivity contribution in [3.8, 4) is 17.1 Å². The van der Waals surface area contributed by atoms with Gasteiger partial charge in [0.25, 0.3) is 0 Å². The summed E-state index contributed by atoms with van der Waals surface area (Å²) in [6.07, 6.45) is 0. The van der Waals surface area contributed by atoms with E-state index in [0.29, 0.717) is 0 Å². The van der Waals surface area contributed by atoms with Crippen molar-refractivity contribution in [2.45, 2.75) is 0 Å². The molecule has 3 nitrogen and oxygen atoms in total. The van der Waals surface area contributed by atoms with Crippen molar-refractivity contribution in [2.75, 3.05) is 0 Å². The fourth-order valence-electron chi connectivity index (χ4n) is 11.0. The predicted octanol–water partition coefficient (Wildman–Crippen LogP) is 12.4. The van der Waals surface area contributed by atoms with E-state index in [9.17, 15) is 0 Å². The zero-order valence-corrected chi connectivity index (χ0v) is 36.0. The molecule has 64 heavy (non-hydrogen) atoms. The highest BCUT2D eigenvalue weighted by Crippen LogP contribution is 2.37. The molecule has 0 atom stereocenters. The SMILES string of the molecule is c1ccc(-n2c3ccccc3c3cccc([Si](c4ccccc4)(c4ccccc4)c4cccc(-n5c6ccccc6c6cc(-n7c8ccccc8c8ccccc87)ccc65)c4)c32)cc1. The molecule has 0 saturated carbocycles. The maximum atomic E-state index is 2.51. The largest absolute Gasteiger partial charge is 0.309 e. The summed E-state index contributed by atoms with van der Waals surface area (Å²) in [4.78, 5) is 0. The summed E-state index contributed by atoms with van der Waals surface area (Å²) in [6, 6.07) is 92.4. The molecule has 0 saturated heterocycles. The van der Waals surface area contributed by atoms with Gasteiger partial charge in [0.15, 0.2) is 8.07 Å². The number of rotatable bonds is 7. The molecule has 10 aromatic carbocycles. The monoisotopic (exact) mass is 831 g/mol. The Morgan fingerprint density at radius 2 is 0.625 bits per heavy atom. The first-order valence-electron chi connectivity index (χ1n) is 22.1. The zero-order valence-electron chi connectivity index (χ0n) is 35.0. The Kier molecular flexibility index (Phi) is 8.23. The minimum Gasteiger partial charge on any atom is -0.309 e. The lowest BCUT2D eigenvalue weighted by Gasteiger charge is -2.35. The van der Waals surface area contributed by atoms with E-state index in [4.69, 9.17) is 0 Å². The van der Waals surface area contributed by atoms with Crippen molar-refractivity contribution in [3.05, 3.63) is 249 Å². The molecule has 0 aliphatic heterocycles. The molecule has 0 N–H and O–H groups in total. The molecule has 3 heterocycles. The number of nitrogens with zero attached hydrogens (tertiary/aromatic N) is 3. The number of hydrogen-bond donors (Lipinski definition) is 0. The molecular formula is C60H41N3Si. The zero-order chi connectivity index (χ0) is 42.2. The van der Waals surface area contributed by atoms with Crippen LogP contribution in [-0.4, -0.2) is 21.8 Å². The summed E-state index contributed by atoms with van der Waals surface area (Å²) in [7, 11) is -3.11. The second kappa shape index (κ2) is 14.5. The maximum absolute atomic E-state index is 3.11. The summed E-state index contributed by atoms with van der Waals surface area (Å²) in [5, 5.41) is 12.9. The quantitative estimate of drug-likeness (QED) is 0.112. The summed E-state index contributed by atoms with van der Waals surface area (Å²) >= 11 is 0. The van der Waals surface area contributed by atoms with Crippen LogP contribution in [0, 0.1) is 0 Å². The Labute approximate surface area is 372 Å². The third kappa shape index (κ3) is 5.27. The minimum atomic E-state index is -3.11. The van der Waals surface area contributed by atoms with Gasteiger partial charge in [0.2, 0.25) is 0 Å². The maximum Gasteiger partial charge on any atom is 0.181 e. The molecule has 0 bridgehead atoms. The van der Waals surface area contributed by atoms with Gasteiger partial charge in [-0.2, -0.15) is 0 Å². The third-order valence-electron chi connectivity index (χ3n) is 13.6. The van der Waals surface area contributed by atoms with Crippen LogP contribution in [0.25, 0.3) is 82.5 Å². The van der Waals surface area contributed by atoms with Gasteiger partial charge in [0, 0.05) is 49.4 Å². The van der Waals surface area contributed by atoms with Crippen LogP contribution in [0.15, 0.2) is 249 Å². The lowest BCUT2D eigenvalue weighted by molar-refractivity contribution is 1.17. The van der Waals surface area contributed by atoms with E-state index in [1.54, 1.807) is 0 Å². The van der Waals surface area contributed by atoms with Gasteiger partial charge in [0.1, 0.15) is 0 Å². The predicted molar refractivity (Wildman–Crippen MR) is 273 cm³/mol. The Bertz CT molecular complexity index is 3800. The molecule has 0 spiro atoms. The van der Waals surface area contributed by atoms with Crippen LogP contribution in [0.3, 0.4) is 0 Å². The van der Waals surface area contributed by atoms with Crippen molar-refractivity contribution in [1.29, 1.82) is 0 Å². The fourth-order valence-corrected chi connectivity index (χ4v) is 15.9. The summed E-state index contributed by atoms with van der Waals surface area (Å²) in [5.74, 6) is 0. The fraction of sp³-hybridized carbons (Fsp3) is 0. The lowest BCUT2D eigenvalue weighted by atomic mass is 10.1. The standard InChI is InChI=1S/C60H41N3Si/c1-4-20-42(21-5-1)63-57-36-17-12-30-50(57)52-32-19-37-59(60(52)63)64(45-23-6-2-7-24-45,46-25-8-3-9-26-46)47-27-18-22-43(40-47)61-56-35-16-13-31-51(56)53-41-44(38-39-58(53)61)62-54-33-14-10-28-48(54)49-29-11-15-34-55(49)62/h1-41H. The van der Waals surface area contributed by atoms with Crippen LogP contribution < -0.4 is 20.7 Å². The van der Waals surface area contributed by atoms with Gasteiger partial charge in [-0.15, -0.1) is 0 Å². The van der Waals surface area contributed by atoms with Gasteiger partial charge >= 0.3 is 0 Å². The molecular weight excluding hydrogens is 791 g/mol. The Hall–Kier alpha value is -8.18. The molecule has 0 aliphatic rings. The van der Waals surface area contributed by atoms with E-state index in [2.05, 4.69) is 262 Å². The number of para-hydroxylation sites is 6. The van der Waals surface area contributed by atoms with Gasteiger partial charge in [-0.3, -0.25) is 0 Å². The number of aromatic nitrogens is 3. The summed E-state index contributed by atoms with van der Waals surface area (Å²) in [5.41, 5.74) is 10.7. The molecule has 13 aromatic rings. The topological polar surface area (TPSA) is 14.8 Å². The first-order chi connectivity index (χ1) is 31.8. The van der Waals surface area contributed by atoms with Crippen LogP contribution in [0.4, 0.5) is 0 Å². The van der Waals surface area contributed by atoms with Crippen molar-refractivity contribution >= 4 is 94.2 Å². The molecule has 4 heteroatoms. The van der Waals surface area contributed by atoms with Gasteiger partial charge < -0.3 is 13.7 Å². The van der Waals surface area contributed by atoms with E-state index >= 15 is 0 Å². The summed E-state index contributed by atoms with van der Waals surface area (Å²) < 4.78 is 7.42. The molecule has 0 radical (unpaired) electrons. The van der Waals surface area contributed by atoms with E-state index in [1.165, 1.54) is 86.2 Å². The normalized spacial score (nSPS) is 12.1. The third-order valence-corrected chi connectivity index (χ3v) is 18.3. The number of hydrogen-bond acceptors (Lipinski definition) is 0. The van der Waals surface area contributed by atoms with Crippen molar-refractivity contribution in [1.82, 2.24) is 13.7 Å². The molecule has 13 rings (SSSR count).